The summed E-state index contributed by atoms with van der Waals surface area (Å²) in [4.78, 5) is 26.6. The van der Waals surface area contributed by atoms with Gasteiger partial charge in [0.2, 0.25) is 0 Å². The Bertz CT molecular complexity index is 426. The molecule has 0 radical (unpaired) electrons. The zero-order chi connectivity index (χ0) is 13.4. The van der Waals surface area contributed by atoms with Gasteiger partial charge < -0.3 is 15.4 Å². The molecule has 6 nitrogen and oxygen atoms in total. The molecule has 0 saturated carbocycles. The zero-order valence-corrected chi connectivity index (χ0v) is 10.7. The fourth-order valence-electron chi connectivity index (χ4n) is 1.21. The first-order chi connectivity index (χ1) is 8.67. The minimum atomic E-state index is -0.440. The van der Waals surface area contributed by atoms with E-state index in [1.54, 1.807) is 12.1 Å². The van der Waals surface area contributed by atoms with Gasteiger partial charge in [-0.1, -0.05) is 0 Å². The van der Waals surface area contributed by atoms with E-state index < -0.39 is 5.97 Å². The summed E-state index contributed by atoms with van der Waals surface area (Å²) >= 11 is 5.43. The first-order valence-corrected chi connectivity index (χ1v) is 5.81. The molecule has 0 bridgehead atoms. The Morgan fingerprint density at radius 3 is 2.89 bits per heavy atom. The number of methoxy groups -OCH3 is 1. The molecular weight excluding hydrogens is 258 g/mol. The van der Waals surface area contributed by atoms with E-state index in [0.717, 1.165) is 0 Å². The molecule has 0 saturated heterocycles. The molecule has 18 heavy (non-hydrogen) atoms. The number of nitrogens with one attached hydrogen (secondary N) is 2. The molecule has 1 aromatic rings. The number of alkyl halides is 1. The maximum Gasteiger partial charge on any atom is 0.337 e. The predicted octanol–water partition coefficient (Wildman–Crippen LogP) is 0.906. The second-order valence-electron chi connectivity index (χ2n) is 3.33. The Kier molecular flexibility index (Phi) is 5.93. The van der Waals surface area contributed by atoms with E-state index >= 15 is 0 Å². The van der Waals surface area contributed by atoms with Gasteiger partial charge in [0.15, 0.2) is 0 Å². The van der Waals surface area contributed by atoms with E-state index in [9.17, 15) is 9.59 Å². The van der Waals surface area contributed by atoms with Gasteiger partial charge in [-0.2, -0.15) is 0 Å². The van der Waals surface area contributed by atoms with Crippen molar-refractivity contribution in [3.63, 3.8) is 0 Å². The number of amides is 2. The third-order valence-corrected chi connectivity index (χ3v) is 2.24. The number of urea groups is 1. The van der Waals surface area contributed by atoms with Crippen LogP contribution in [0.1, 0.15) is 16.1 Å². The molecule has 0 unspecified atom stereocenters. The van der Waals surface area contributed by atoms with Gasteiger partial charge in [-0.25, -0.2) is 9.59 Å². The lowest BCUT2D eigenvalue weighted by atomic mass is 10.2. The second-order valence-corrected chi connectivity index (χ2v) is 3.70. The Morgan fingerprint density at radius 2 is 2.22 bits per heavy atom. The van der Waals surface area contributed by atoms with Crippen molar-refractivity contribution in [1.29, 1.82) is 0 Å². The van der Waals surface area contributed by atoms with Crippen molar-refractivity contribution < 1.29 is 14.3 Å². The van der Waals surface area contributed by atoms with Crippen molar-refractivity contribution in [1.82, 2.24) is 15.6 Å². The largest absolute Gasteiger partial charge is 0.465 e. The van der Waals surface area contributed by atoms with Gasteiger partial charge in [0.05, 0.1) is 24.9 Å². The minimum absolute atomic E-state index is 0.221. The van der Waals surface area contributed by atoms with E-state index in [1.807, 2.05) is 0 Å². The van der Waals surface area contributed by atoms with Crippen LogP contribution in [0.4, 0.5) is 4.79 Å². The minimum Gasteiger partial charge on any atom is -0.465 e. The SMILES string of the molecule is COC(=O)c1ccnc(CNC(=O)NCCCl)c1. The lowest BCUT2D eigenvalue weighted by Crippen LogP contribution is -2.36. The number of esters is 1. The fraction of sp³-hybridized carbons (Fsp3) is 0.364. The number of pyridine rings is 1. The number of aromatic nitrogens is 1. The normalized spacial score (nSPS) is 9.67. The van der Waals surface area contributed by atoms with Gasteiger partial charge in [0.25, 0.3) is 0 Å². The maximum absolute atomic E-state index is 11.3. The van der Waals surface area contributed by atoms with E-state index in [4.69, 9.17) is 11.6 Å². The van der Waals surface area contributed by atoms with Crippen LogP contribution in [-0.4, -0.2) is 36.5 Å². The quantitative estimate of drug-likeness (QED) is 0.616. The molecule has 0 aromatic carbocycles. The number of carbonyl (C=O) groups excluding carboxylic acids is 2. The van der Waals surface area contributed by atoms with Gasteiger partial charge in [0.1, 0.15) is 0 Å². The first kappa shape index (κ1) is 14.2. The average Bonchev–Trinajstić information content (AvgIpc) is 2.42. The Balaban J connectivity index is 2.52. The Hall–Kier alpha value is -1.82. The molecule has 0 fully saturated rings. The van der Waals surface area contributed by atoms with Crippen molar-refractivity contribution in [2.75, 3.05) is 19.5 Å². The first-order valence-electron chi connectivity index (χ1n) is 5.28. The third-order valence-electron chi connectivity index (χ3n) is 2.05. The smallest absolute Gasteiger partial charge is 0.337 e. The van der Waals surface area contributed by atoms with E-state index in [0.29, 0.717) is 23.7 Å². The Labute approximate surface area is 110 Å². The van der Waals surface area contributed by atoms with Crippen molar-refractivity contribution in [2.45, 2.75) is 6.54 Å². The van der Waals surface area contributed by atoms with Crippen LogP contribution < -0.4 is 10.6 Å². The summed E-state index contributed by atoms with van der Waals surface area (Å²) in [6.07, 6.45) is 1.49. The number of rotatable bonds is 5. The summed E-state index contributed by atoms with van der Waals surface area (Å²) in [5, 5.41) is 5.14. The van der Waals surface area contributed by atoms with Crippen LogP contribution in [0, 0.1) is 0 Å². The monoisotopic (exact) mass is 271 g/mol. The molecule has 1 heterocycles. The number of halogens is 1. The number of carbonyl (C=O) groups is 2. The van der Waals surface area contributed by atoms with Crippen LogP contribution >= 0.6 is 11.6 Å². The van der Waals surface area contributed by atoms with Crippen molar-refractivity contribution in [3.05, 3.63) is 29.6 Å². The summed E-state index contributed by atoms with van der Waals surface area (Å²) in [5.41, 5.74) is 0.962. The van der Waals surface area contributed by atoms with Crippen LogP contribution in [0.3, 0.4) is 0 Å². The van der Waals surface area contributed by atoms with Gasteiger partial charge in [-0.15, -0.1) is 11.6 Å². The molecule has 0 atom stereocenters. The number of ether oxygens (including phenoxy) is 1. The van der Waals surface area contributed by atoms with Gasteiger partial charge >= 0.3 is 12.0 Å². The summed E-state index contributed by atoms with van der Waals surface area (Å²) in [6, 6.07) is 2.78. The second kappa shape index (κ2) is 7.50. The van der Waals surface area contributed by atoms with Crippen LogP contribution in [0.25, 0.3) is 0 Å². The maximum atomic E-state index is 11.3. The van der Waals surface area contributed by atoms with Gasteiger partial charge in [0, 0.05) is 18.6 Å². The number of hydrogen-bond donors (Lipinski definition) is 2. The summed E-state index contributed by atoms with van der Waals surface area (Å²) < 4.78 is 4.59. The molecule has 2 N–H and O–H groups in total. The zero-order valence-electron chi connectivity index (χ0n) is 9.90. The van der Waals surface area contributed by atoms with Crippen molar-refractivity contribution in [3.8, 4) is 0 Å². The molecule has 2 amide bonds. The number of hydrogen-bond acceptors (Lipinski definition) is 4. The lowest BCUT2D eigenvalue weighted by molar-refractivity contribution is 0.0600. The van der Waals surface area contributed by atoms with Gasteiger partial charge in [-0.3, -0.25) is 4.98 Å². The van der Waals surface area contributed by atoms with Crippen molar-refractivity contribution >= 4 is 23.6 Å². The van der Waals surface area contributed by atoms with Crippen LogP contribution in [0.2, 0.25) is 0 Å². The molecule has 1 aromatic heterocycles. The van der Waals surface area contributed by atoms with E-state index in [-0.39, 0.29) is 12.6 Å². The third kappa shape index (κ3) is 4.58. The highest BCUT2D eigenvalue weighted by atomic mass is 35.5. The summed E-state index contributed by atoms with van der Waals surface area (Å²) in [6.45, 7) is 0.613. The van der Waals surface area contributed by atoms with Gasteiger partial charge in [-0.05, 0) is 12.1 Å². The number of nitrogens with zero attached hydrogens (tertiary/aromatic N) is 1. The molecule has 0 spiro atoms. The topological polar surface area (TPSA) is 80.3 Å². The highest BCUT2D eigenvalue weighted by Crippen LogP contribution is 2.03. The highest BCUT2D eigenvalue weighted by molar-refractivity contribution is 6.18. The average molecular weight is 272 g/mol. The summed E-state index contributed by atoms with van der Waals surface area (Å²) in [5.74, 6) is -0.0889. The van der Waals surface area contributed by atoms with Crippen molar-refractivity contribution in [2.24, 2.45) is 0 Å². The molecule has 1 rings (SSSR count). The fourth-order valence-corrected chi connectivity index (χ4v) is 1.31. The van der Waals surface area contributed by atoms with Crippen LogP contribution in [0.5, 0.6) is 0 Å². The molecule has 0 aliphatic rings. The lowest BCUT2D eigenvalue weighted by Gasteiger charge is -2.06. The predicted molar refractivity (Wildman–Crippen MR) is 66.5 cm³/mol. The molecule has 0 aliphatic carbocycles. The summed E-state index contributed by atoms with van der Waals surface area (Å²) in [7, 11) is 1.31. The standard InChI is InChI=1S/C11H14ClN3O3/c1-18-10(16)8-2-4-13-9(6-8)7-15-11(17)14-5-3-12/h2,4,6H,3,5,7H2,1H3,(H2,14,15,17). The molecule has 7 heteroatoms. The van der Waals surface area contributed by atoms with E-state index in [1.165, 1.54) is 13.3 Å². The highest BCUT2D eigenvalue weighted by Gasteiger charge is 2.07. The molecular formula is C11H14ClN3O3. The van der Waals surface area contributed by atoms with Crippen LogP contribution in [-0.2, 0) is 11.3 Å². The molecule has 98 valence electrons. The molecule has 0 aliphatic heterocycles. The van der Waals surface area contributed by atoms with Crippen LogP contribution in [0.15, 0.2) is 18.3 Å². The van der Waals surface area contributed by atoms with E-state index in [2.05, 4.69) is 20.4 Å². The Morgan fingerprint density at radius 1 is 1.44 bits per heavy atom.